The summed E-state index contributed by atoms with van der Waals surface area (Å²) in [5.41, 5.74) is 0.766. The highest BCUT2D eigenvalue weighted by Gasteiger charge is 2.19. The fraction of sp³-hybridized carbons (Fsp3) is 0.385. The maximum Gasteiger partial charge on any atom is 0.334 e. The molecule has 7 nitrogen and oxygen atoms in total. The second kappa shape index (κ2) is 6.68. The van der Waals surface area contributed by atoms with E-state index in [0.717, 1.165) is 6.26 Å². The molecule has 116 valence electrons. The van der Waals surface area contributed by atoms with Gasteiger partial charge in [0.2, 0.25) is 0 Å². The van der Waals surface area contributed by atoms with Crippen molar-refractivity contribution >= 4 is 21.7 Å². The molecule has 2 N–H and O–H groups in total. The SMILES string of the molecule is COC(CNC(=O)c1cc(S(C)(=O)=O)ccc1C)C(=O)O. The molecule has 1 aromatic carbocycles. The average molecular weight is 315 g/mol. The molecule has 0 aliphatic carbocycles. The second-order valence-corrected chi connectivity index (χ2v) is 6.54. The molecule has 0 saturated heterocycles. The quantitative estimate of drug-likeness (QED) is 0.777. The summed E-state index contributed by atoms with van der Waals surface area (Å²) < 4.78 is 27.7. The molecule has 1 atom stereocenters. The van der Waals surface area contributed by atoms with Gasteiger partial charge in [-0.3, -0.25) is 4.79 Å². The molecule has 8 heteroatoms. The minimum Gasteiger partial charge on any atom is -0.479 e. The average Bonchev–Trinajstić information content (AvgIpc) is 2.37. The first-order valence-corrected chi connectivity index (χ1v) is 7.90. The number of hydrogen-bond acceptors (Lipinski definition) is 5. The van der Waals surface area contributed by atoms with Gasteiger partial charge in [-0.2, -0.15) is 0 Å². The summed E-state index contributed by atoms with van der Waals surface area (Å²) >= 11 is 0. The lowest BCUT2D eigenvalue weighted by Gasteiger charge is -2.13. The zero-order valence-electron chi connectivity index (χ0n) is 11.9. The number of amides is 1. The number of aliphatic carboxylic acids is 1. The Morgan fingerprint density at radius 1 is 1.38 bits per heavy atom. The number of carbonyl (C=O) groups is 2. The number of ether oxygens (including phenoxy) is 1. The van der Waals surface area contributed by atoms with E-state index in [9.17, 15) is 18.0 Å². The van der Waals surface area contributed by atoms with Crippen molar-refractivity contribution < 1.29 is 27.9 Å². The summed E-state index contributed by atoms with van der Waals surface area (Å²) in [4.78, 5) is 22.8. The Hall–Kier alpha value is -1.93. The molecule has 1 aromatic rings. The van der Waals surface area contributed by atoms with Crippen molar-refractivity contribution in [3.8, 4) is 0 Å². The highest BCUT2D eigenvalue weighted by atomic mass is 32.2. The zero-order valence-corrected chi connectivity index (χ0v) is 12.7. The number of nitrogens with one attached hydrogen (secondary N) is 1. The predicted molar refractivity (Wildman–Crippen MR) is 75.1 cm³/mol. The number of sulfone groups is 1. The number of hydrogen-bond donors (Lipinski definition) is 2. The Morgan fingerprint density at radius 2 is 2.00 bits per heavy atom. The van der Waals surface area contributed by atoms with Gasteiger partial charge in [-0.25, -0.2) is 13.2 Å². The van der Waals surface area contributed by atoms with Gasteiger partial charge in [-0.05, 0) is 24.6 Å². The molecule has 0 aromatic heterocycles. The number of rotatable bonds is 6. The third-order valence-corrected chi connectivity index (χ3v) is 4.00. The summed E-state index contributed by atoms with van der Waals surface area (Å²) in [5.74, 6) is -1.75. The Morgan fingerprint density at radius 3 is 2.48 bits per heavy atom. The minimum atomic E-state index is -3.42. The van der Waals surface area contributed by atoms with E-state index in [0.29, 0.717) is 5.56 Å². The van der Waals surface area contributed by atoms with Crippen molar-refractivity contribution in [1.29, 1.82) is 0 Å². The van der Waals surface area contributed by atoms with Gasteiger partial charge >= 0.3 is 5.97 Å². The first-order chi connectivity index (χ1) is 9.66. The number of benzene rings is 1. The molecule has 0 bridgehead atoms. The Labute approximate surface area is 122 Å². The molecule has 1 amide bonds. The summed E-state index contributed by atoms with van der Waals surface area (Å²) in [6, 6.07) is 4.20. The molecular weight excluding hydrogens is 298 g/mol. The number of methoxy groups -OCH3 is 1. The molecule has 0 radical (unpaired) electrons. The van der Waals surface area contributed by atoms with Crippen molar-refractivity contribution in [2.45, 2.75) is 17.9 Å². The summed E-state index contributed by atoms with van der Waals surface area (Å²) in [7, 11) is -2.20. The van der Waals surface area contributed by atoms with E-state index in [1.165, 1.54) is 25.3 Å². The smallest absolute Gasteiger partial charge is 0.334 e. The van der Waals surface area contributed by atoms with Gasteiger partial charge in [0.05, 0.1) is 11.4 Å². The maximum absolute atomic E-state index is 12.0. The normalized spacial score (nSPS) is 12.7. The van der Waals surface area contributed by atoms with E-state index in [1.54, 1.807) is 6.92 Å². The van der Waals surface area contributed by atoms with Crippen LogP contribution in [0.15, 0.2) is 23.1 Å². The first-order valence-electron chi connectivity index (χ1n) is 6.01. The van der Waals surface area contributed by atoms with E-state index in [-0.39, 0.29) is 17.0 Å². The molecule has 0 fully saturated rings. The summed E-state index contributed by atoms with van der Waals surface area (Å²) in [5, 5.41) is 11.2. The van der Waals surface area contributed by atoms with Crippen molar-refractivity contribution in [2.24, 2.45) is 0 Å². The van der Waals surface area contributed by atoms with Crippen molar-refractivity contribution in [3.05, 3.63) is 29.3 Å². The standard InChI is InChI=1S/C13H17NO6S/c1-8-4-5-9(21(3,18)19)6-10(8)12(15)14-7-11(20-2)13(16)17/h4-6,11H,7H2,1-3H3,(H,14,15)(H,16,17). The molecular formula is C13H17NO6S. The number of carbonyl (C=O) groups excluding carboxylic acids is 1. The first kappa shape index (κ1) is 17.1. The lowest BCUT2D eigenvalue weighted by Crippen LogP contribution is -2.38. The molecule has 0 aliphatic heterocycles. The van der Waals surface area contributed by atoms with Crippen LogP contribution in [0.3, 0.4) is 0 Å². The van der Waals surface area contributed by atoms with Gasteiger partial charge in [0.25, 0.3) is 5.91 Å². The topological polar surface area (TPSA) is 110 Å². The third-order valence-electron chi connectivity index (χ3n) is 2.89. The van der Waals surface area contributed by atoms with Crippen LogP contribution in [0.5, 0.6) is 0 Å². The Kier molecular flexibility index (Phi) is 5.45. The van der Waals surface area contributed by atoms with Crippen LogP contribution in [0, 0.1) is 6.92 Å². The Bertz CT molecular complexity index is 653. The van der Waals surface area contributed by atoms with Crippen LogP contribution >= 0.6 is 0 Å². The third kappa shape index (κ3) is 4.54. The van der Waals surface area contributed by atoms with Crippen molar-refractivity contribution in [3.63, 3.8) is 0 Å². The van der Waals surface area contributed by atoms with E-state index < -0.39 is 27.8 Å². The molecule has 0 heterocycles. The van der Waals surface area contributed by atoms with Crippen LogP contribution in [-0.4, -0.2) is 51.4 Å². The van der Waals surface area contributed by atoms with Gasteiger partial charge in [0.1, 0.15) is 0 Å². The lowest BCUT2D eigenvalue weighted by molar-refractivity contribution is -0.148. The largest absolute Gasteiger partial charge is 0.479 e. The van der Waals surface area contributed by atoms with Crippen LogP contribution < -0.4 is 5.32 Å². The van der Waals surface area contributed by atoms with E-state index in [2.05, 4.69) is 5.32 Å². The molecule has 0 aliphatic rings. The fourth-order valence-corrected chi connectivity index (χ4v) is 2.28. The van der Waals surface area contributed by atoms with Gasteiger partial charge < -0.3 is 15.2 Å². The summed E-state index contributed by atoms with van der Waals surface area (Å²) in [6.07, 6.45) is -0.114. The highest BCUT2D eigenvalue weighted by Crippen LogP contribution is 2.15. The number of carboxylic acid groups (broad SMARTS) is 1. The van der Waals surface area contributed by atoms with Crippen molar-refractivity contribution in [2.75, 3.05) is 19.9 Å². The van der Waals surface area contributed by atoms with Gasteiger partial charge in [-0.1, -0.05) is 6.07 Å². The molecule has 21 heavy (non-hydrogen) atoms. The summed E-state index contributed by atoms with van der Waals surface area (Å²) in [6.45, 7) is 1.44. The second-order valence-electron chi connectivity index (χ2n) is 4.52. The van der Waals surface area contributed by atoms with Crippen LogP contribution in [0.2, 0.25) is 0 Å². The van der Waals surface area contributed by atoms with Crippen LogP contribution in [0.4, 0.5) is 0 Å². The van der Waals surface area contributed by atoms with E-state index in [1.807, 2.05) is 0 Å². The van der Waals surface area contributed by atoms with Crippen LogP contribution in [0.1, 0.15) is 15.9 Å². The van der Waals surface area contributed by atoms with Crippen molar-refractivity contribution in [1.82, 2.24) is 5.32 Å². The molecule has 1 rings (SSSR count). The molecule has 0 spiro atoms. The van der Waals surface area contributed by atoms with Gasteiger partial charge in [0, 0.05) is 18.9 Å². The zero-order chi connectivity index (χ0) is 16.2. The van der Waals surface area contributed by atoms with E-state index in [4.69, 9.17) is 9.84 Å². The van der Waals surface area contributed by atoms with Gasteiger partial charge in [-0.15, -0.1) is 0 Å². The number of aryl methyl sites for hydroxylation is 1. The molecule has 0 saturated carbocycles. The number of carboxylic acids is 1. The monoisotopic (exact) mass is 315 g/mol. The lowest BCUT2D eigenvalue weighted by atomic mass is 10.1. The predicted octanol–water partition coefficient (Wildman–Crippen LogP) is 0.228. The Balaban J connectivity index is 2.95. The van der Waals surface area contributed by atoms with E-state index >= 15 is 0 Å². The van der Waals surface area contributed by atoms with Crippen LogP contribution in [-0.2, 0) is 19.4 Å². The maximum atomic E-state index is 12.0. The molecule has 1 unspecified atom stereocenters. The van der Waals surface area contributed by atoms with Crippen LogP contribution in [0.25, 0.3) is 0 Å². The van der Waals surface area contributed by atoms with Gasteiger partial charge in [0.15, 0.2) is 15.9 Å². The highest BCUT2D eigenvalue weighted by molar-refractivity contribution is 7.90. The fourth-order valence-electron chi connectivity index (χ4n) is 1.63. The minimum absolute atomic E-state index is 0.0276.